The second-order valence-corrected chi connectivity index (χ2v) is 4.28. The maximum Gasteiger partial charge on any atom is 0.220 e. The van der Waals surface area contributed by atoms with Crippen LogP contribution in [0.2, 0.25) is 0 Å². The van der Waals surface area contributed by atoms with Crippen molar-refractivity contribution in [1.82, 2.24) is 5.32 Å². The average molecular weight is 183 g/mol. The maximum atomic E-state index is 11.1. The number of hydrogen-bond donors (Lipinski definition) is 2. The van der Waals surface area contributed by atoms with Crippen LogP contribution in [0.5, 0.6) is 0 Å². The molecule has 0 radical (unpaired) electrons. The first kappa shape index (κ1) is 9.00. The highest BCUT2D eigenvalue weighted by Crippen LogP contribution is 2.35. The topological polar surface area (TPSA) is 49.3 Å². The first-order chi connectivity index (χ1) is 6.27. The summed E-state index contributed by atoms with van der Waals surface area (Å²) in [5.74, 6) is 0.810. The van der Waals surface area contributed by atoms with Gasteiger partial charge in [0.15, 0.2) is 0 Å². The van der Waals surface area contributed by atoms with Gasteiger partial charge in [-0.25, -0.2) is 0 Å². The number of aliphatic hydroxyl groups is 1. The molecule has 0 spiro atoms. The molecule has 0 aromatic heterocycles. The van der Waals surface area contributed by atoms with Gasteiger partial charge < -0.3 is 10.4 Å². The second-order valence-electron chi connectivity index (χ2n) is 4.28. The molecule has 1 aliphatic carbocycles. The van der Waals surface area contributed by atoms with E-state index >= 15 is 0 Å². The molecular formula is C10H17NO2. The SMILES string of the molecule is O=C1CC(C(O)C2CCC2)CCN1. The lowest BCUT2D eigenvalue weighted by molar-refractivity contribution is -0.126. The summed E-state index contributed by atoms with van der Waals surface area (Å²) >= 11 is 0. The number of carbonyl (C=O) groups is 1. The van der Waals surface area contributed by atoms with E-state index in [-0.39, 0.29) is 17.9 Å². The highest BCUT2D eigenvalue weighted by molar-refractivity contribution is 5.76. The van der Waals surface area contributed by atoms with E-state index in [9.17, 15) is 9.90 Å². The zero-order chi connectivity index (χ0) is 9.26. The van der Waals surface area contributed by atoms with Gasteiger partial charge >= 0.3 is 0 Å². The predicted octanol–water partition coefficient (Wildman–Crippen LogP) is 0.674. The van der Waals surface area contributed by atoms with E-state index in [1.54, 1.807) is 0 Å². The predicted molar refractivity (Wildman–Crippen MR) is 49.1 cm³/mol. The normalized spacial score (nSPS) is 32.1. The van der Waals surface area contributed by atoms with Gasteiger partial charge in [-0.1, -0.05) is 6.42 Å². The van der Waals surface area contributed by atoms with E-state index in [4.69, 9.17) is 0 Å². The minimum atomic E-state index is -0.222. The van der Waals surface area contributed by atoms with E-state index in [2.05, 4.69) is 5.32 Å². The summed E-state index contributed by atoms with van der Waals surface area (Å²) in [6, 6.07) is 0. The molecule has 0 aromatic rings. The molecule has 2 unspecified atom stereocenters. The zero-order valence-electron chi connectivity index (χ0n) is 7.83. The van der Waals surface area contributed by atoms with Crippen molar-refractivity contribution >= 4 is 5.91 Å². The number of aliphatic hydroxyl groups excluding tert-OH is 1. The Hall–Kier alpha value is -0.570. The first-order valence-electron chi connectivity index (χ1n) is 5.22. The monoisotopic (exact) mass is 183 g/mol. The molecule has 1 saturated heterocycles. The van der Waals surface area contributed by atoms with Crippen LogP contribution in [0.1, 0.15) is 32.1 Å². The molecule has 1 aliphatic heterocycles. The van der Waals surface area contributed by atoms with Crippen LogP contribution in [0, 0.1) is 11.8 Å². The third-order valence-electron chi connectivity index (χ3n) is 3.40. The summed E-state index contributed by atoms with van der Waals surface area (Å²) in [5.41, 5.74) is 0. The van der Waals surface area contributed by atoms with Gasteiger partial charge in [0.1, 0.15) is 0 Å². The molecular weight excluding hydrogens is 166 g/mol. The molecule has 0 bridgehead atoms. The molecule has 1 saturated carbocycles. The van der Waals surface area contributed by atoms with Gasteiger partial charge in [0.05, 0.1) is 6.10 Å². The number of hydrogen-bond acceptors (Lipinski definition) is 2. The molecule has 74 valence electrons. The summed E-state index contributed by atoms with van der Waals surface area (Å²) in [7, 11) is 0. The summed E-state index contributed by atoms with van der Waals surface area (Å²) in [4.78, 5) is 11.1. The van der Waals surface area contributed by atoms with E-state index < -0.39 is 0 Å². The van der Waals surface area contributed by atoms with Gasteiger partial charge in [0.25, 0.3) is 0 Å². The lowest BCUT2D eigenvalue weighted by atomic mass is 9.74. The van der Waals surface area contributed by atoms with Crippen molar-refractivity contribution in [3.8, 4) is 0 Å². The highest BCUT2D eigenvalue weighted by Gasteiger charge is 2.34. The Balaban J connectivity index is 1.87. The van der Waals surface area contributed by atoms with Crippen molar-refractivity contribution in [1.29, 1.82) is 0 Å². The number of amides is 1. The summed E-state index contributed by atoms with van der Waals surface area (Å²) in [5, 5.41) is 12.7. The zero-order valence-corrected chi connectivity index (χ0v) is 7.83. The smallest absolute Gasteiger partial charge is 0.220 e. The molecule has 3 nitrogen and oxygen atoms in total. The summed E-state index contributed by atoms with van der Waals surface area (Å²) in [6.45, 7) is 0.743. The van der Waals surface area contributed by atoms with Gasteiger partial charge in [-0.3, -0.25) is 4.79 Å². The quantitative estimate of drug-likeness (QED) is 0.661. The fourth-order valence-corrected chi connectivity index (χ4v) is 2.27. The van der Waals surface area contributed by atoms with Gasteiger partial charge in [-0.15, -0.1) is 0 Å². The fourth-order valence-electron chi connectivity index (χ4n) is 2.27. The molecule has 13 heavy (non-hydrogen) atoms. The van der Waals surface area contributed by atoms with E-state index in [1.807, 2.05) is 0 Å². The fraction of sp³-hybridized carbons (Fsp3) is 0.900. The Morgan fingerprint density at radius 1 is 1.31 bits per heavy atom. The van der Waals surface area contributed by atoms with Crippen molar-refractivity contribution in [2.24, 2.45) is 11.8 Å². The molecule has 0 aromatic carbocycles. The lowest BCUT2D eigenvalue weighted by Crippen LogP contribution is -2.42. The van der Waals surface area contributed by atoms with Crippen molar-refractivity contribution < 1.29 is 9.90 Å². The third-order valence-corrected chi connectivity index (χ3v) is 3.40. The molecule has 2 aliphatic rings. The first-order valence-corrected chi connectivity index (χ1v) is 5.22. The average Bonchev–Trinajstić information content (AvgIpc) is 2.01. The van der Waals surface area contributed by atoms with E-state index in [0.717, 1.165) is 25.8 Å². The van der Waals surface area contributed by atoms with Crippen molar-refractivity contribution in [2.45, 2.75) is 38.2 Å². The van der Waals surface area contributed by atoms with Crippen LogP contribution in [0.15, 0.2) is 0 Å². The minimum Gasteiger partial charge on any atom is -0.393 e. The highest BCUT2D eigenvalue weighted by atomic mass is 16.3. The molecule has 2 atom stereocenters. The Morgan fingerprint density at radius 3 is 2.62 bits per heavy atom. The van der Waals surface area contributed by atoms with Crippen LogP contribution >= 0.6 is 0 Å². The van der Waals surface area contributed by atoms with Crippen molar-refractivity contribution in [3.05, 3.63) is 0 Å². The van der Waals surface area contributed by atoms with Crippen LogP contribution in [0.4, 0.5) is 0 Å². The Kier molecular flexibility index (Phi) is 2.54. The largest absolute Gasteiger partial charge is 0.393 e. The van der Waals surface area contributed by atoms with Gasteiger partial charge in [0, 0.05) is 13.0 Å². The number of nitrogens with one attached hydrogen (secondary N) is 1. The van der Waals surface area contributed by atoms with Crippen LogP contribution in [-0.2, 0) is 4.79 Å². The standard InChI is InChI=1S/C10H17NO2/c12-9-6-8(4-5-11-9)10(13)7-2-1-3-7/h7-8,10,13H,1-6H2,(H,11,12). The van der Waals surface area contributed by atoms with Crippen molar-refractivity contribution in [3.63, 3.8) is 0 Å². The van der Waals surface area contributed by atoms with Gasteiger partial charge in [0.2, 0.25) is 5.91 Å². The molecule has 1 heterocycles. The van der Waals surface area contributed by atoms with Crippen LogP contribution in [-0.4, -0.2) is 23.7 Å². The molecule has 2 N–H and O–H groups in total. The lowest BCUT2D eigenvalue weighted by Gasteiger charge is -2.36. The van der Waals surface area contributed by atoms with Crippen molar-refractivity contribution in [2.75, 3.05) is 6.54 Å². The molecule has 1 amide bonds. The molecule has 2 fully saturated rings. The number of piperidine rings is 1. The number of carbonyl (C=O) groups excluding carboxylic acids is 1. The van der Waals surface area contributed by atoms with E-state index in [0.29, 0.717) is 12.3 Å². The van der Waals surface area contributed by atoms with Crippen LogP contribution < -0.4 is 5.32 Å². The van der Waals surface area contributed by atoms with Gasteiger partial charge in [-0.2, -0.15) is 0 Å². The molecule has 3 heteroatoms. The Bertz CT molecular complexity index is 201. The molecule has 2 rings (SSSR count). The summed E-state index contributed by atoms with van der Waals surface area (Å²) in [6.07, 6.45) is 4.81. The Morgan fingerprint density at radius 2 is 2.08 bits per heavy atom. The third kappa shape index (κ3) is 1.85. The number of rotatable bonds is 2. The van der Waals surface area contributed by atoms with E-state index in [1.165, 1.54) is 6.42 Å². The second kappa shape index (κ2) is 3.66. The van der Waals surface area contributed by atoms with Crippen LogP contribution in [0.3, 0.4) is 0 Å². The minimum absolute atomic E-state index is 0.106. The Labute approximate surface area is 78.5 Å². The van der Waals surface area contributed by atoms with Crippen LogP contribution in [0.25, 0.3) is 0 Å². The van der Waals surface area contributed by atoms with Gasteiger partial charge in [-0.05, 0) is 31.1 Å². The summed E-state index contributed by atoms with van der Waals surface area (Å²) < 4.78 is 0. The maximum absolute atomic E-state index is 11.1.